The van der Waals surface area contributed by atoms with E-state index in [1.165, 1.54) is 69.0 Å². The van der Waals surface area contributed by atoms with Crippen LogP contribution >= 0.6 is 0 Å². The van der Waals surface area contributed by atoms with Gasteiger partial charge in [0.25, 0.3) is 0 Å². The Balaban J connectivity index is 2.00. The Morgan fingerprint density at radius 2 is 1.53 bits per heavy atom. The van der Waals surface area contributed by atoms with E-state index >= 15 is 0 Å². The molecule has 0 aliphatic heterocycles. The molecule has 1 aliphatic rings. The van der Waals surface area contributed by atoms with Gasteiger partial charge in [0.15, 0.2) is 0 Å². The third-order valence-corrected chi connectivity index (χ3v) is 3.96. The van der Waals surface area contributed by atoms with Crippen LogP contribution in [-0.2, 0) is 0 Å². The number of pyridine rings is 1. The molecule has 0 bridgehead atoms. The number of hydrogen-bond donors (Lipinski definition) is 0. The first-order valence-corrected chi connectivity index (χ1v) is 7.29. The van der Waals surface area contributed by atoms with Crippen molar-refractivity contribution in [1.29, 1.82) is 0 Å². The molecule has 0 radical (unpaired) electrons. The van der Waals surface area contributed by atoms with E-state index in [0.717, 1.165) is 0 Å². The number of aromatic nitrogens is 1. The number of rotatable bonds is 1. The molecule has 1 heteroatoms. The van der Waals surface area contributed by atoms with Gasteiger partial charge in [-0.15, -0.1) is 0 Å². The fraction of sp³-hybridized carbons (Fsp3) is 0.688. The normalized spacial score (nSPS) is 20.1. The first kappa shape index (κ1) is 12.6. The molecule has 1 saturated carbocycles. The summed E-state index contributed by atoms with van der Waals surface area (Å²) in [5, 5.41) is 0. The van der Waals surface area contributed by atoms with Crippen LogP contribution in [-0.4, -0.2) is 4.98 Å². The lowest BCUT2D eigenvalue weighted by atomic mass is 9.89. The van der Waals surface area contributed by atoms with E-state index in [1.54, 1.807) is 0 Å². The van der Waals surface area contributed by atoms with Crippen LogP contribution in [0.15, 0.2) is 18.3 Å². The van der Waals surface area contributed by atoms with E-state index in [1.807, 2.05) is 6.20 Å². The third-order valence-electron chi connectivity index (χ3n) is 3.96. The van der Waals surface area contributed by atoms with Gasteiger partial charge in [0, 0.05) is 17.8 Å². The second-order valence-electron chi connectivity index (χ2n) is 5.51. The topological polar surface area (TPSA) is 12.9 Å². The van der Waals surface area contributed by atoms with Gasteiger partial charge in [0.05, 0.1) is 0 Å². The van der Waals surface area contributed by atoms with Gasteiger partial charge in [0.1, 0.15) is 0 Å². The first-order chi connectivity index (χ1) is 8.36. The average Bonchev–Trinajstić information content (AvgIpc) is 2.36. The van der Waals surface area contributed by atoms with Crippen molar-refractivity contribution in [2.75, 3.05) is 0 Å². The predicted octanol–water partition coefficient (Wildman–Crippen LogP) is 5.00. The molecule has 94 valence electrons. The third kappa shape index (κ3) is 4.14. The number of hydrogen-bond acceptors (Lipinski definition) is 1. The van der Waals surface area contributed by atoms with Crippen molar-refractivity contribution in [2.24, 2.45) is 0 Å². The fourth-order valence-corrected chi connectivity index (χ4v) is 2.89. The van der Waals surface area contributed by atoms with Crippen molar-refractivity contribution in [3.05, 3.63) is 29.6 Å². The van der Waals surface area contributed by atoms with Crippen LogP contribution in [0.1, 0.15) is 75.0 Å². The minimum Gasteiger partial charge on any atom is -0.261 e. The zero-order valence-electron chi connectivity index (χ0n) is 11.1. The summed E-state index contributed by atoms with van der Waals surface area (Å²) in [6, 6.07) is 4.39. The Hall–Kier alpha value is -0.850. The van der Waals surface area contributed by atoms with Gasteiger partial charge in [-0.2, -0.15) is 0 Å². The summed E-state index contributed by atoms with van der Waals surface area (Å²) in [5.74, 6) is 0.716. The molecule has 0 spiro atoms. The van der Waals surface area contributed by atoms with E-state index in [0.29, 0.717) is 5.92 Å². The molecular formula is C16H25N. The highest BCUT2D eigenvalue weighted by molar-refractivity contribution is 5.17. The van der Waals surface area contributed by atoms with Crippen molar-refractivity contribution in [3.63, 3.8) is 0 Å². The van der Waals surface area contributed by atoms with Crippen molar-refractivity contribution in [2.45, 2.75) is 70.6 Å². The van der Waals surface area contributed by atoms with Gasteiger partial charge in [-0.1, -0.05) is 44.9 Å². The summed E-state index contributed by atoms with van der Waals surface area (Å²) in [7, 11) is 0. The summed E-state index contributed by atoms with van der Waals surface area (Å²) in [6.45, 7) is 2.17. The highest BCUT2D eigenvalue weighted by Gasteiger charge is 2.13. The highest BCUT2D eigenvalue weighted by Crippen LogP contribution is 2.28. The number of aryl methyl sites for hydroxylation is 1. The first-order valence-electron chi connectivity index (χ1n) is 7.29. The largest absolute Gasteiger partial charge is 0.261 e. The summed E-state index contributed by atoms with van der Waals surface area (Å²) < 4.78 is 0. The van der Waals surface area contributed by atoms with E-state index < -0.39 is 0 Å². The van der Waals surface area contributed by atoms with Gasteiger partial charge in [-0.25, -0.2) is 0 Å². The van der Waals surface area contributed by atoms with Crippen molar-refractivity contribution in [1.82, 2.24) is 4.98 Å². The molecule has 17 heavy (non-hydrogen) atoms. The molecule has 1 heterocycles. The molecule has 1 aromatic rings. The minimum atomic E-state index is 0.716. The summed E-state index contributed by atoms with van der Waals surface area (Å²) in [6.07, 6.45) is 14.6. The monoisotopic (exact) mass is 231 g/mol. The molecule has 0 atom stereocenters. The fourth-order valence-electron chi connectivity index (χ4n) is 2.89. The Morgan fingerprint density at radius 3 is 2.12 bits per heavy atom. The maximum Gasteiger partial charge on any atom is 0.0437 e. The summed E-state index contributed by atoms with van der Waals surface area (Å²) in [5.41, 5.74) is 2.69. The Kier molecular flexibility index (Phi) is 5.03. The van der Waals surface area contributed by atoms with Crippen LogP contribution in [0.25, 0.3) is 0 Å². The lowest BCUT2D eigenvalue weighted by molar-refractivity contribution is 0.457. The molecule has 2 rings (SSSR count). The quantitative estimate of drug-likeness (QED) is 0.663. The summed E-state index contributed by atoms with van der Waals surface area (Å²) >= 11 is 0. The minimum absolute atomic E-state index is 0.716. The Bertz CT molecular complexity index is 322. The predicted molar refractivity (Wildman–Crippen MR) is 73.3 cm³/mol. The highest BCUT2D eigenvalue weighted by atomic mass is 14.7. The zero-order chi connectivity index (χ0) is 11.9. The van der Waals surface area contributed by atoms with Crippen molar-refractivity contribution < 1.29 is 0 Å². The van der Waals surface area contributed by atoms with Gasteiger partial charge in [-0.3, -0.25) is 4.98 Å². The van der Waals surface area contributed by atoms with E-state index in [-0.39, 0.29) is 0 Å². The van der Waals surface area contributed by atoms with Crippen LogP contribution in [0, 0.1) is 6.92 Å². The maximum absolute atomic E-state index is 4.59. The lowest BCUT2D eigenvalue weighted by Crippen LogP contribution is -2.03. The zero-order valence-corrected chi connectivity index (χ0v) is 11.1. The van der Waals surface area contributed by atoms with Crippen LogP contribution in [0.3, 0.4) is 0 Å². The second-order valence-corrected chi connectivity index (χ2v) is 5.51. The molecular weight excluding hydrogens is 206 g/mol. The van der Waals surface area contributed by atoms with E-state index in [9.17, 15) is 0 Å². The van der Waals surface area contributed by atoms with Crippen LogP contribution < -0.4 is 0 Å². The smallest absolute Gasteiger partial charge is 0.0437 e. The van der Waals surface area contributed by atoms with Crippen LogP contribution in [0.4, 0.5) is 0 Å². The molecule has 1 aliphatic carbocycles. The standard InChI is InChI=1S/C16H25N/c1-14-11-12-17-16(13-14)15-9-7-5-3-2-4-6-8-10-15/h11-13,15H,2-10H2,1H3. The van der Waals surface area contributed by atoms with E-state index in [4.69, 9.17) is 0 Å². The average molecular weight is 231 g/mol. The molecule has 1 nitrogen and oxygen atoms in total. The van der Waals surface area contributed by atoms with Gasteiger partial charge >= 0.3 is 0 Å². The van der Waals surface area contributed by atoms with Gasteiger partial charge in [-0.05, 0) is 37.5 Å². The molecule has 0 amide bonds. The Labute approximate surface area is 106 Å². The van der Waals surface area contributed by atoms with Gasteiger partial charge in [0.2, 0.25) is 0 Å². The maximum atomic E-state index is 4.59. The molecule has 0 unspecified atom stereocenters. The van der Waals surface area contributed by atoms with Crippen LogP contribution in [0.5, 0.6) is 0 Å². The summed E-state index contributed by atoms with van der Waals surface area (Å²) in [4.78, 5) is 4.59. The number of nitrogens with zero attached hydrogens (tertiary/aromatic N) is 1. The molecule has 0 aromatic carbocycles. The lowest BCUT2D eigenvalue weighted by Gasteiger charge is -2.18. The van der Waals surface area contributed by atoms with Gasteiger partial charge < -0.3 is 0 Å². The molecule has 0 N–H and O–H groups in total. The molecule has 0 saturated heterocycles. The molecule has 1 fully saturated rings. The molecule has 1 aromatic heterocycles. The van der Waals surface area contributed by atoms with Crippen LogP contribution in [0.2, 0.25) is 0 Å². The Morgan fingerprint density at radius 1 is 0.941 bits per heavy atom. The SMILES string of the molecule is Cc1ccnc(C2CCCCCCCCC2)c1. The van der Waals surface area contributed by atoms with Crippen molar-refractivity contribution in [3.8, 4) is 0 Å². The van der Waals surface area contributed by atoms with E-state index in [2.05, 4.69) is 24.0 Å². The van der Waals surface area contributed by atoms with Crippen molar-refractivity contribution >= 4 is 0 Å². The second kappa shape index (κ2) is 6.78.